The van der Waals surface area contributed by atoms with Gasteiger partial charge >= 0.3 is 8.56 Å². The van der Waals surface area contributed by atoms with Crippen molar-refractivity contribution in [3.05, 3.63) is 42.5 Å². The van der Waals surface area contributed by atoms with Crippen molar-refractivity contribution in [3.8, 4) is 0 Å². The third kappa shape index (κ3) is 3.54. The van der Waals surface area contributed by atoms with Crippen molar-refractivity contribution in [1.82, 2.24) is 0 Å². The molecule has 0 fully saturated rings. The summed E-state index contributed by atoms with van der Waals surface area (Å²) in [6.07, 6.45) is 2.11. The Bertz CT molecular complexity index is 557. The Morgan fingerprint density at radius 3 is 2.33 bits per heavy atom. The molecule has 0 heterocycles. The second kappa shape index (κ2) is 7.73. The maximum atomic E-state index is 6.37. The highest BCUT2D eigenvalue weighted by atomic mass is 28.4. The van der Waals surface area contributed by atoms with Crippen LogP contribution in [0.3, 0.4) is 0 Å². The summed E-state index contributed by atoms with van der Waals surface area (Å²) in [5.74, 6) is 0. The maximum Gasteiger partial charge on any atom is 0.373 e. The molecule has 2 aromatic rings. The second-order valence-corrected chi connectivity index (χ2v) is 8.43. The molecule has 1 unspecified atom stereocenters. The highest BCUT2D eigenvalue weighted by molar-refractivity contribution is 6.83. The van der Waals surface area contributed by atoms with E-state index in [9.17, 15) is 0 Å². The first-order valence-corrected chi connectivity index (χ1v) is 10.1. The monoisotopic (exact) mass is 302 g/mol. The van der Waals surface area contributed by atoms with E-state index in [1.165, 1.54) is 16.0 Å². The van der Waals surface area contributed by atoms with Crippen LogP contribution >= 0.6 is 0 Å². The quantitative estimate of drug-likeness (QED) is 0.674. The van der Waals surface area contributed by atoms with Gasteiger partial charge in [0.15, 0.2) is 0 Å². The highest BCUT2D eigenvalue weighted by Gasteiger charge is 2.40. The van der Waals surface area contributed by atoms with Gasteiger partial charge in [-0.25, -0.2) is 0 Å². The molecule has 0 aromatic heterocycles. The predicted octanol–water partition coefficient (Wildman–Crippen LogP) is 4.36. The average Bonchev–Trinajstić information content (AvgIpc) is 2.52. The Hall–Kier alpha value is -1.16. The van der Waals surface area contributed by atoms with Gasteiger partial charge in [0.25, 0.3) is 0 Å². The number of fused-ring (bicyclic) bond motifs is 1. The van der Waals surface area contributed by atoms with Crippen LogP contribution in [0.4, 0.5) is 0 Å². The molecular weight excluding hydrogens is 276 g/mol. The van der Waals surface area contributed by atoms with E-state index in [0.29, 0.717) is 6.61 Å². The number of hydrogen-bond donors (Lipinski definition) is 0. The number of hydrogen-bond acceptors (Lipinski definition) is 2. The van der Waals surface area contributed by atoms with E-state index in [1.54, 1.807) is 0 Å². The summed E-state index contributed by atoms with van der Waals surface area (Å²) in [4.78, 5) is 0. The van der Waals surface area contributed by atoms with Crippen LogP contribution in [-0.4, -0.2) is 21.8 Å². The summed E-state index contributed by atoms with van der Waals surface area (Å²) in [7, 11) is -2.36. The molecule has 0 radical (unpaired) electrons. The highest BCUT2D eigenvalue weighted by Crippen LogP contribution is 2.22. The smallest absolute Gasteiger partial charge is 0.373 e. The van der Waals surface area contributed by atoms with Crippen LogP contribution in [0.5, 0.6) is 0 Å². The van der Waals surface area contributed by atoms with Crippen molar-refractivity contribution < 1.29 is 8.85 Å². The molecular formula is C18H26O2Si. The molecule has 2 rings (SSSR count). The minimum absolute atomic E-state index is 0.707. The Kier molecular flexibility index (Phi) is 5.97. The summed E-state index contributed by atoms with van der Waals surface area (Å²) in [5.41, 5.74) is 0. The molecule has 0 amide bonds. The van der Waals surface area contributed by atoms with E-state index in [2.05, 4.69) is 63.2 Å². The fourth-order valence-corrected chi connectivity index (χ4v) is 6.46. The maximum absolute atomic E-state index is 6.37. The van der Waals surface area contributed by atoms with Crippen LogP contribution in [0.25, 0.3) is 10.8 Å². The van der Waals surface area contributed by atoms with Gasteiger partial charge < -0.3 is 8.85 Å². The topological polar surface area (TPSA) is 18.5 Å². The lowest BCUT2D eigenvalue weighted by atomic mass is 10.1. The molecule has 21 heavy (non-hydrogen) atoms. The van der Waals surface area contributed by atoms with E-state index < -0.39 is 8.56 Å². The van der Waals surface area contributed by atoms with Crippen molar-refractivity contribution in [2.45, 2.75) is 39.7 Å². The van der Waals surface area contributed by atoms with Gasteiger partial charge in [0.2, 0.25) is 0 Å². The second-order valence-electron chi connectivity index (χ2n) is 5.31. The molecule has 0 aliphatic heterocycles. The molecule has 0 aliphatic rings. The molecule has 0 aliphatic carbocycles. The van der Waals surface area contributed by atoms with Crippen molar-refractivity contribution in [2.75, 3.05) is 13.2 Å². The largest absolute Gasteiger partial charge is 0.391 e. The molecule has 0 bridgehead atoms. The average molecular weight is 302 g/mol. The molecule has 0 saturated heterocycles. The van der Waals surface area contributed by atoms with Gasteiger partial charge in [-0.05, 0) is 30.2 Å². The van der Waals surface area contributed by atoms with Gasteiger partial charge in [0.05, 0.1) is 0 Å². The molecule has 2 aromatic carbocycles. The van der Waals surface area contributed by atoms with E-state index in [1.807, 2.05) is 0 Å². The summed E-state index contributed by atoms with van der Waals surface area (Å²) < 4.78 is 12.7. The van der Waals surface area contributed by atoms with Crippen LogP contribution < -0.4 is 5.19 Å². The van der Waals surface area contributed by atoms with Crippen molar-refractivity contribution in [2.24, 2.45) is 0 Å². The van der Waals surface area contributed by atoms with Crippen LogP contribution in [0.15, 0.2) is 42.5 Å². The van der Waals surface area contributed by atoms with E-state index in [0.717, 1.165) is 25.5 Å². The Labute approximate surface area is 129 Å². The molecule has 114 valence electrons. The first-order valence-electron chi connectivity index (χ1n) is 8.03. The van der Waals surface area contributed by atoms with Crippen molar-refractivity contribution >= 4 is 24.5 Å². The van der Waals surface area contributed by atoms with Gasteiger partial charge in [0, 0.05) is 18.4 Å². The zero-order valence-corrected chi connectivity index (χ0v) is 14.4. The zero-order chi connectivity index (χ0) is 15.1. The minimum Gasteiger partial charge on any atom is -0.391 e. The van der Waals surface area contributed by atoms with E-state index in [-0.39, 0.29) is 0 Å². The molecule has 1 atom stereocenters. The number of benzene rings is 2. The normalized spacial score (nSPS) is 14.2. The first-order chi connectivity index (χ1) is 10.3. The van der Waals surface area contributed by atoms with Crippen molar-refractivity contribution in [3.63, 3.8) is 0 Å². The summed E-state index contributed by atoms with van der Waals surface area (Å²) in [5, 5.41) is 3.84. The third-order valence-corrected chi connectivity index (χ3v) is 7.54. The van der Waals surface area contributed by atoms with Gasteiger partial charge in [0.1, 0.15) is 0 Å². The van der Waals surface area contributed by atoms with Crippen LogP contribution in [0.1, 0.15) is 33.6 Å². The van der Waals surface area contributed by atoms with Gasteiger partial charge in [-0.3, -0.25) is 0 Å². The third-order valence-electron chi connectivity index (χ3n) is 3.70. The van der Waals surface area contributed by atoms with Crippen LogP contribution in [0.2, 0.25) is 6.04 Å². The fourth-order valence-electron chi connectivity index (χ4n) is 2.86. The Morgan fingerprint density at radius 1 is 0.857 bits per heavy atom. The lowest BCUT2D eigenvalue weighted by Crippen LogP contribution is -2.54. The summed E-state index contributed by atoms with van der Waals surface area (Å²) in [6, 6.07) is 16.0. The molecule has 0 spiro atoms. The Morgan fingerprint density at radius 2 is 1.62 bits per heavy atom. The zero-order valence-electron chi connectivity index (χ0n) is 13.4. The van der Waals surface area contributed by atoms with Gasteiger partial charge in [-0.15, -0.1) is 0 Å². The number of rotatable bonds is 8. The van der Waals surface area contributed by atoms with Gasteiger partial charge in [-0.2, -0.15) is 0 Å². The van der Waals surface area contributed by atoms with Crippen molar-refractivity contribution in [1.29, 1.82) is 0 Å². The molecule has 2 nitrogen and oxygen atoms in total. The predicted molar refractivity (Wildman–Crippen MR) is 92.3 cm³/mol. The standard InChI is InChI=1S/C18H26O2Si/c1-4-14-20-21(15-5-2,19-6-3)18-13-9-11-16-10-7-8-12-17(16)18/h7-13H,4-6,14-15H2,1-3H3. The minimum atomic E-state index is -2.36. The fraction of sp³-hybridized carbons (Fsp3) is 0.444. The summed E-state index contributed by atoms with van der Waals surface area (Å²) in [6.45, 7) is 7.91. The SMILES string of the molecule is CCCO[Si](CCC)(OCC)c1cccc2ccccc12. The first kappa shape index (κ1) is 16.2. The van der Waals surface area contributed by atoms with Crippen LogP contribution in [0, 0.1) is 0 Å². The lowest BCUT2D eigenvalue weighted by molar-refractivity contribution is 0.187. The van der Waals surface area contributed by atoms with E-state index in [4.69, 9.17) is 8.85 Å². The molecule has 3 heteroatoms. The van der Waals surface area contributed by atoms with E-state index >= 15 is 0 Å². The Balaban J connectivity index is 2.55. The van der Waals surface area contributed by atoms with Gasteiger partial charge in [-0.1, -0.05) is 62.7 Å². The molecule has 0 N–H and O–H groups in total. The van der Waals surface area contributed by atoms with Crippen LogP contribution in [-0.2, 0) is 8.85 Å². The molecule has 0 saturated carbocycles. The lowest BCUT2D eigenvalue weighted by Gasteiger charge is -2.31. The summed E-state index contributed by atoms with van der Waals surface area (Å²) >= 11 is 0.